The lowest BCUT2D eigenvalue weighted by Gasteiger charge is -2.13. The summed E-state index contributed by atoms with van der Waals surface area (Å²) in [5.74, 6) is 0.620. The van der Waals surface area contributed by atoms with E-state index in [0.29, 0.717) is 5.92 Å². The van der Waals surface area contributed by atoms with Crippen LogP contribution in [-0.2, 0) is 0 Å². The number of anilines is 1. The first-order valence-electron chi connectivity index (χ1n) is 5.00. The Bertz CT molecular complexity index is 388. The van der Waals surface area contributed by atoms with Gasteiger partial charge in [0.05, 0.1) is 0 Å². The Morgan fingerprint density at radius 3 is 2.79 bits per heavy atom. The standard InChI is InChI=1S/C13H15N/c1-10-5-4-6-11(9-10)12-7-2-3-8-13(12)14/h2-4,6-10H,5,14H2,1H3. The maximum atomic E-state index is 5.92. The second-order valence-corrected chi connectivity index (χ2v) is 3.82. The molecule has 1 unspecified atom stereocenters. The van der Waals surface area contributed by atoms with Crippen molar-refractivity contribution in [1.29, 1.82) is 0 Å². The molecule has 0 saturated heterocycles. The van der Waals surface area contributed by atoms with Crippen molar-refractivity contribution in [3.63, 3.8) is 0 Å². The van der Waals surface area contributed by atoms with Crippen molar-refractivity contribution in [1.82, 2.24) is 0 Å². The van der Waals surface area contributed by atoms with Crippen LogP contribution in [0.5, 0.6) is 0 Å². The molecule has 1 heteroatoms. The third kappa shape index (κ3) is 1.72. The number of nitrogen functional groups attached to an aromatic ring is 1. The molecule has 1 aromatic rings. The van der Waals surface area contributed by atoms with Gasteiger partial charge in [0.15, 0.2) is 0 Å². The lowest BCUT2D eigenvalue weighted by Crippen LogP contribution is -1.97. The molecule has 14 heavy (non-hydrogen) atoms. The van der Waals surface area contributed by atoms with Crippen molar-refractivity contribution < 1.29 is 0 Å². The molecule has 0 aliphatic heterocycles. The summed E-state index contributed by atoms with van der Waals surface area (Å²) in [4.78, 5) is 0. The van der Waals surface area contributed by atoms with Crippen LogP contribution in [0.3, 0.4) is 0 Å². The largest absolute Gasteiger partial charge is 0.398 e. The van der Waals surface area contributed by atoms with Crippen molar-refractivity contribution in [2.75, 3.05) is 5.73 Å². The van der Waals surface area contributed by atoms with Crippen LogP contribution in [0.25, 0.3) is 5.57 Å². The molecule has 0 radical (unpaired) electrons. The van der Waals surface area contributed by atoms with Gasteiger partial charge < -0.3 is 5.73 Å². The van der Waals surface area contributed by atoms with E-state index in [-0.39, 0.29) is 0 Å². The summed E-state index contributed by atoms with van der Waals surface area (Å²) in [5.41, 5.74) is 9.18. The summed E-state index contributed by atoms with van der Waals surface area (Å²) in [6.45, 7) is 2.22. The SMILES string of the molecule is CC1C=C(c2ccccc2N)C=CC1. The first-order valence-corrected chi connectivity index (χ1v) is 5.00. The van der Waals surface area contributed by atoms with Crippen LogP contribution in [0.15, 0.2) is 42.5 Å². The number of para-hydroxylation sites is 1. The van der Waals surface area contributed by atoms with E-state index in [4.69, 9.17) is 5.73 Å². The van der Waals surface area contributed by atoms with Gasteiger partial charge in [-0.25, -0.2) is 0 Å². The molecule has 0 amide bonds. The van der Waals surface area contributed by atoms with Crippen LogP contribution in [0, 0.1) is 5.92 Å². The highest BCUT2D eigenvalue weighted by atomic mass is 14.6. The highest BCUT2D eigenvalue weighted by Gasteiger charge is 2.07. The van der Waals surface area contributed by atoms with E-state index >= 15 is 0 Å². The Kier molecular flexibility index (Phi) is 2.40. The summed E-state index contributed by atoms with van der Waals surface area (Å²) < 4.78 is 0. The average molecular weight is 185 g/mol. The van der Waals surface area contributed by atoms with Crippen LogP contribution in [0.2, 0.25) is 0 Å². The topological polar surface area (TPSA) is 26.0 Å². The molecule has 2 N–H and O–H groups in total. The van der Waals surface area contributed by atoms with Crippen LogP contribution < -0.4 is 5.73 Å². The molecule has 0 saturated carbocycles. The number of rotatable bonds is 1. The highest BCUT2D eigenvalue weighted by Crippen LogP contribution is 2.27. The average Bonchev–Trinajstić information content (AvgIpc) is 2.18. The second-order valence-electron chi connectivity index (χ2n) is 3.82. The number of nitrogens with two attached hydrogens (primary N) is 1. The van der Waals surface area contributed by atoms with Crippen molar-refractivity contribution in [3.8, 4) is 0 Å². The fourth-order valence-electron chi connectivity index (χ4n) is 1.78. The van der Waals surface area contributed by atoms with Crippen molar-refractivity contribution in [2.24, 2.45) is 5.92 Å². The van der Waals surface area contributed by atoms with Crippen molar-refractivity contribution in [2.45, 2.75) is 13.3 Å². The Morgan fingerprint density at radius 2 is 2.07 bits per heavy atom. The van der Waals surface area contributed by atoms with Gasteiger partial charge in [-0.15, -0.1) is 0 Å². The summed E-state index contributed by atoms with van der Waals surface area (Å²) >= 11 is 0. The molecule has 0 spiro atoms. The maximum absolute atomic E-state index is 5.92. The Balaban J connectivity index is 2.40. The molecular weight excluding hydrogens is 170 g/mol. The summed E-state index contributed by atoms with van der Waals surface area (Å²) in [6, 6.07) is 8.02. The molecule has 1 aliphatic rings. The normalized spacial score (nSPS) is 20.6. The second kappa shape index (κ2) is 3.70. The molecular formula is C13H15N. The molecule has 1 aromatic carbocycles. The molecule has 1 aliphatic carbocycles. The predicted octanol–water partition coefficient (Wildman–Crippen LogP) is 3.25. The maximum Gasteiger partial charge on any atom is 0.0393 e. The van der Waals surface area contributed by atoms with Gasteiger partial charge in [-0.3, -0.25) is 0 Å². The van der Waals surface area contributed by atoms with Crippen molar-refractivity contribution in [3.05, 3.63) is 48.1 Å². The fraction of sp³-hybridized carbons (Fsp3) is 0.231. The Hall–Kier alpha value is -1.50. The van der Waals surface area contributed by atoms with E-state index < -0.39 is 0 Å². The third-order valence-corrected chi connectivity index (χ3v) is 2.54. The quantitative estimate of drug-likeness (QED) is 0.668. The van der Waals surface area contributed by atoms with Gasteiger partial charge in [-0.2, -0.15) is 0 Å². The Morgan fingerprint density at radius 1 is 1.29 bits per heavy atom. The molecule has 72 valence electrons. The molecule has 1 atom stereocenters. The van der Waals surface area contributed by atoms with Crippen LogP contribution >= 0.6 is 0 Å². The van der Waals surface area contributed by atoms with Gasteiger partial charge >= 0.3 is 0 Å². The Labute approximate surface area is 84.9 Å². The zero-order valence-electron chi connectivity index (χ0n) is 8.40. The van der Waals surface area contributed by atoms with Crippen LogP contribution in [0.4, 0.5) is 5.69 Å². The van der Waals surface area contributed by atoms with E-state index in [1.165, 1.54) is 5.57 Å². The zero-order chi connectivity index (χ0) is 9.97. The summed E-state index contributed by atoms with van der Waals surface area (Å²) in [5, 5.41) is 0. The molecule has 0 fully saturated rings. The van der Waals surface area contributed by atoms with Crippen LogP contribution in [0.1, 0.15) is 18.9 Å². The van der Waals surface area contributed by atoms with E-state index in [9.17, 15) is 0 Å². The molecule has 2 rings (SSSR count). The van der Waals surface area contributed by atoms with Gasteiger partial charge in [-0.1, -0.05) is 43.4 Å². The van der Waals surface area contributed by atoms with Crippen molar-refractivity contribution >= 4 is 11.3 Å². The van der Waals surface area contributed by atoms with E-state index in [1.54, 1.807) is 0 Å². The third-order valence-electron chi connectivity index (χ3n) is 2.54. The number of hydrogen-bond donors (Lipinski definition) is 1. The zero-order valence-corrected chi connectivity index (χ0v) is 8.40. The molecule has 1 nitrogen and oxygen atoms in total. The summed E-state index contributed by atoms with van der Waals surface area (Å²) in [6.07, 6.45) is 7.79. The minimum atomic E-state index is 0.620. The van der Waals surface area contributed by atoms with Gasteiger partial charge in [-0.05, 0) is 24.0 Å². The lowest BCUT2D eigenvalue weighted by molar-refractivity contribution is 0.740. The lowest BCUT2D eigenvalue weighted by atomic mass is 9.93. The first kappa shape index (κ1) is 9.07. The molecule has 0 heterocycles. The number of allylic oxidation sites excluding steroid dienone is 4. The molecule has 0 bridgehead atoms. The number of benzene rings is 1. The summed E-state index contributed by atoms with van der Waals surface area (Å²) in [7, 11) is 0. The minimum absolute atomic E-state index is 0.620. The van der Waals surface area contributed by atoms with Gasteiger partial charge in [0.25, 0.3) is 0 Å². The predicted molar refractivity (Wildman–Crippen MR) is 61.8 cm³/mol. The van der Waals surface area contributed by atoms with E-state index in [1.807, 2.05) is 18.2 Å². The van der Waals surface area contributed by atoms with Gasteiger partial charge in [0.1, 0.15) is 0 Å². The fourth-order valence-corrected chi connectivity index (χ4v) is 1.78. The van der Waals surface area contributed by atoms with Gasteiger partial charge in [0, 0.05) is 11.3 Å². The monoisotopic (exact) mass is 185 g/mol. The van der Waals surface area contributed by atoms with Gasteiger partial charge in [0.2, 0.25) is 0 Å². The first-order chi connectivity index (χ1) is 6.77. The smallest absolute Gasteiger partial charge is 0.0393 e. The van der Waals surface area contributed by atoms with E-state index in [0.717, 1.165) is 17.7 Å². The number of hydrogen-bond acceptors (Lipinski definition) is 1. The van der Waals surface area contributed by atoms with Crippen LogP contribution in [-0.4, -0.2) is 0 Å². The highest BCUT2D eigenvalue weighted by molar-refractivity contribution is 5.81. The van der Waals surface area contributed by atoms with E-state index in [2.05, 4.69) is 31.2 Å². The minimum Gasteiger partial charge on any atom is -0.398 e. The molecule has 0 aromatic heterocycles.